The summed E-state index contributed by atoms with van der Waals surface area (Å²) in [5.74, 6) is 1.73. The molecule has 1 aromatic rings. The fourth-order valence-corrected chi connectivity index (χ4v) is 2.65. The van der Waals surface area contributed by atoms with Gasteiger partial charge in [0.25, 0.3) is 0 Å². The van der Waals surface area contributed by atoms with Crippen molar-refractivity contribution >= 4 is 5.69 Å². The SMILES string of the molecule is COc1cc(C)cc(C)c1NCC1CCNCC1. The normalized spacial score (nSPS) is 16.6. The van der Waals surface area contributed by atoms with E-state index in [1.165, 1.54) is 24.0 Å². The fraction of sp³-hybridized carbons (Fsp3) is 0.600. The number of hydrogen-bond donors (Lipinski definition) is 2. The first-order valence-electron chi connectivity index (χ1n) is 6.80. The predicted octanol–water partition coefficient (Wildman–Crippen LogP) is 2.72. The summed E-state index contributed by atoms with van der Waals surface area (Å²) in [6.45, 7) is 7.58. The minimum Gasteiger partial charge on any atom is -0.495 e. The highest BCUT2D eigenvalue weighted by molar-refractivity contribution is 5.63. The molecule has 1 aliphatic heterocycles. The lowest BCUT2D eigenvalue weighted by Crippen LogP contribution is -2.31. The van der Waals surface area contributed by atoms with Crippen LogP contribution in [-0.4, -0.2) is 26.7 Å². The number of hydrogen-bond acceptors (Lipinski definition) is 3. The van der Waals surface area contributed by atoms with Gasteiger partial charge in [0, 0.05) is 6.54 Å². The molecule has 0 unspecified atom stereocenters. The number of rotatable bonds is 4. The van der Waals surface area contributed by atoms with Gasteiger partial charge in [0.05, 0.1) is 12.8 Å². The number of nitrogens with one attached hydrogen (secondary N) is 2. The average molecular weight is 248 g/mol. The third kappa shape index (κ3) is 3.16. The monoisotopic (exact) mass is 248 g/mol. The highest BCUT2D eigenvalue weighted by atomic mass is 16.5. The number of piperidine rings is 1. The summed E-state index contributed by atoms with van der Waals surface area (Å²) in [5.41, 5.74) is 3.67. The Balaban J connectivity index is 2.03. The van der Waals surface area contributed by atoms with Gasteiger partial charge in [0.2, 0.25) is 0 Å². The van der Waals surface area contributed by atoms with Gasteiger partial charge < -0.3 is 15.4 Å². The Labute approximate surface area is 110 Å². The molecule has 2 rings (SSSR count). The van der Waals surface area contributed by atoms with Crippen LogP contribution in [0.5, 0.6) is 5.75 Å². The number of benzene rings is 1. The smallest absolute Gasteiger partial charge is 0.142 e. The molecule has 0 spiro atoms. The van der Waals surface area contributed by atoms with Crippen molar-refractivity contribution in [1.29, 1.82) is 0 Å². The van der Waals surface area contributed by atoms with Gasteiger partial charge in [-0.3, -0.25) is 0 Å². The molecule has 1 aromatic carbocycles. The molecule has 0 radical (unpaired) electrons. The Kier molecular flexibility index (Phi) is 4.48. The summed E-state index contributed by atoms with van der Waals surface area (Å²) in [6.07, 6.45) is 2.53. The quantitative estimate of drug-likeness (QED) is 0.859. The van der Waals surface area contributed by atoms with Crippen molar-refractivity contribution in [2.75, 3.05) is 32.1 Å². The number of methoxy groups -OCH3 is 1. The maximum absolute atomic E-state index is 5.47. The minimum atomic E-state index is 0.775. The van der Waals surface area contributed by atoms with Gasteiger partial charge in [-0.2, -0.15) is 0 Å². The molecule has 1 aliphatic rings. The Morgan fingerprint density at radius 3 is 2.67 bits per heavy atom. The van der Waals surface area contributed by atoms with Crippen LogP contribution < -0.4 is 15.4 Å². The number of aryl methyl sites for hydroxylation is 2. The van der Waals surface area contributed by atoms with Gasteiger partial charge in [-0.25, -0.2) is 0 Å². The van der Waals surface area contributed by atoms with E-state index in [0.29, 0.717) is 0 Å². The van der Waals surface area contributed by atoms with E-state index in [0.717, 1.165) is 37.0 Å². The second-order valence-electron chi connectivity index (χ2n) is 5.23. The zero-order valence-electron chi connectivity index (χ0n) is 11.7. The lowest BCUT2D eigenvalue weighted by molar-refractivity contribution is 0.387. The van der Waals surface area contributed by atoms with E-state index in [9.17, 15) is 0 Å². The lowest BCUT2D eigenvalue weighted by Gasteiger charge is -2.24. The van der Waals surface area contributed by atoms with Crippen LogP contribution in [0.2, 0.25) is 0 Å². The maximum Gasteiger partial charge on any atom is 0.142 e. The van der Waals surface area contributed by atoms with E-state index in [1.54, 1.807) is 7.11 Å². The highest BCUT2D eigenvalue weighted by Gasteiger charge is 2.14. The first-order chi connectivity index (χ1) is 8.70. The topological polar surface area (TPSA) is 33.3 Å². The zero-order chi connectivity index (χ0) is 13.0. The molecule has 1 heterocycles. The van der Waals surface area contributed by atoms with Gasteiger partial charge in [-0.05, 0) is 62.9 Å². The van der Waals surface area contributed by atoms with E-state index in [4.69, 9.17) is 4.74 Å². The van der Waals surface area contributed by atoms with Crippen LogP contribution in [0.4, 0.5) is 5.69 Å². The zero-order valence-corrected chi connectivity index (χ0v) is 11.7. The highest BCUT2D eigenvalue weighted by Crippen LogP contribution is 2.30. The van der Waals surface area contributed by atoms with Crippen molar-refractivity contribution < 1.29 is 4.74 Å². The third-order valence-electron chi connectivity index (χ3n) is 3.69. The van der Waals surface area contributed by atoms with Gasteiger partial charge in [-0.1, -0.05) is 6.07 Å². The van der Waals surface area contributed by atoms with Crippen molar-refractivity contribution in [3.63, 3.8) is 0 Å². The second-order valence-corrected chi connectivity index (χ2v) is 5.23. The average Bonchev–Trinajstić information content (AvgIpc) is 2.38. The van der Waals surface area contributed by atoms with Crippen LogP contribution in [0.1, 0.15) is 24.0 Å². The fourth-order valence-electron chi connectivity index (χ4n) is 2.65. The molecule has 18 heavy (non-hydrogen) atoms. The van der Waals surface area contributed by atoms with Crippen LogP contribution >= 0.6 is 0 Å². The number of anilines is 1. The van der Waals surface area contributed by atoms with Crippen molar-refractivity contribution in [3.05, 3.63) is 23.3 Å². The Morgan fingerprint density at radius 1 is 1.28 bits per heavy atom. The van der Waals surface area contributed by atoms with Gasteiger partial charge in [0.1, 0.15) is 5.75 Å². The molecule has 1 saturated heterocycles. The lowest BCUT2D eigenvalue weighted by atomic mass is 9.98. The standard InChI is InChI=1S/C15H24N2O/c1-11-8-12(2)15(14(9-11)18-3)17-10-13-4-6-16-7-5-13/h8-9,13,16-17H,4-7,10H2,1-3H3. The van der Waals surface area contributed by atoms with E-state index < -0.39 is 0 Å². The predicted molar refractivity (Wildman–Crippen MR) is 76.6 cm³/mol. The first-order valence-corrected chi connectivity index (χ1v) is 6.80. The Morgan fingerprint density at radius 2 is 2.00 bits per heavy atom. The second kappa shape index (κ2) is 6.10. The van der Waals surface area contributed by atoms with Crippen LogP contribution in [0, 0.1) is 19.8 Å². The summed E-state index contributed by atoms with van der Waals surface area (Å²) < 4.78 is 5.47. The van der Waals surface area contributed by atoms with Gasteiger partial charge >= 0.3 is 0 Å². The summed E-state index contributed by atoms with van der Waals surface area (Å²) in [4.78, 5) is 0. The van der Waals surface area contributed by atoms with E-state index in [2.05, 4.69) is 36.6 Å². The van der Waals surface area contributed by atoms with Crippen molar-refractivity contribution in [2.45, 2.75) is 26.7 Å². The van der Waals surface area contributed by atoms with E-state index in [1.807, 2.05) is 0 Å². The Hall–Kier alpha value is -1.22. The van der Waals surface area contributed by atoms with Crippen LogP contribution in [0.3, 0.4) is 0 Å². The van der Waals surface area contributed by atoms with Crippen LogP contribution in [0.15, 0.2) is 12.1 Å². The van der Waals surface area contributed by atoms with Crippen LogP contribution in [-0.2, 0) is 0 Å². The summed E-state index contributed by atoms with van der Waals surface area (Å²) >= 11 is 0. The first kappa shape index (κ1) is 13.2. The molecular weight excluding hydrogens is 224 g/mol. The minimum absolute atomic E-state index is 0.775. The van der Waals surface area contributed by atoms with Crippen molar-refractivity contribution in [2.24, 2.45) is 5.92 Å². The van der Waals surface area contributed by atoms with Gasteiger partial charge in [0.15, 0.2) is 0 Å². The van der Waals surface area contributed by atoms with E-state index in [-0.39, 0.29) is 0 Å². The molecule has 2 N–H and O–H groups in total. The Bertz CT molecular complexity index is 398. The third-order valence-corrected chi connectivity index (χ3v) is 3.69. The molecule has 0 bridgehead atoms. The molecule has 0 atom stereocenters. The number of ether oxygens (including phenoxy) is 1. The maximum atomic E-state index is 5.47. The largest absolute Gasteiger partial charge is 0.495 e. The van der Waals surface area contributed by atoms with Crippen molar-refractivity contribution in [1.82, 2.24) is 5.32 Å². The molecule has 0 amide bonds. The molecular formula is C15H24N2O. The molecule has 0 saturated carbocycles. The summed E-state index contributed by atoms with van der Waals surface area (Å²) in [5, 5.41) is 6.98. The van der Waals surface area contributed by atoms with E-state index >= 15 is 0 Å². The summed E-state index contributed by atoms with van der Waals surface area (Å²) in [6, 6.07) is 4.30. The molecule has 1 fully saturated rings. The molecule has 3 nitrogen and oxygen atoms in total. The summed E-state index contributed by atoms with van der Waals surface area (Å²) in [7, 11) is 1.74. The molecule has 0 aliphatic carbocycles. The van der Waals surface area contributed by atoms with Gasteiger partial charge in [-0.15, -0.1) is 0 Å². The molecule has 100 valence electrons. The van der Waals surface area contributed by atoms with Crippen LogP contribution in [0.25, 0.3) is 0 Å². The molecule has 0 aromatic heterocycles. The molecule has 3 heteroatoms. The van der Waals surface area contributed by atoms with Crippen molar-refractivity contribution in [3.8, 4) is 5.75 Å².